The van der Waals surface area contributed by atoms with Crippen LogP contribution in [0.25, 0.3) is 0 Å². The van der Waals surface area contributed by atoms with Crippen LogP contribution in [-0.2, 0) is 14.3 Å². The number of benzene rings is 1. The van der Waals surface area contributed by atoms with Crippen LogP contribution in [0.5, 0.6) is 0 Å². The third-order valence-corrected chi connectivity index (χ3v) is 4.32. The van der Waals surface area contributed by atoms with Gasteiger partial charge in [-0.05, 0) is 37.1 Å². The standard InChI is InChI=1S/C18H24N2O4/c1-13(21)20(16-6-4-3-5-7-16)12-17(22)19-15-10-8-14(9-11-15)18(23)24-2/h8-11,16H,3-7,12H2,1-2H3,(H,19,22). The number of hydrogen-bond donors (Lipinski definition) is 1. The van der Waals surface area contributed by atoms with E-state index in [0.717, 1.165) is 25.7 Å². The summed E-state index contributed by atoms with van der Waals surface area (Å²) in [7, 11) is 1.32. The zero-order valence-electron chi connectivity index (χ0n) is 14.2. The molecule has 0 spiro atoms. The average molecular weight is 332 g/mol. The van der Waals surface area contributed by atoms with Crippen molar-refractivity contribution in [3.8, 4) is 0 Å². The molecular formula is C18H24N2O4. The molecule has 0 radical (unpaired) electrons. The van der Waals surface area contributed by atoms with Gasteiger partial charge in [0.05, 0.1) is 12.7 Å². The van der Waals surface area contributed by atoms with Gasteiger partial charge in [-0.2, -0.15) is 0 Å². The van der Waals surface area contributed by atoms with Crippen LogP contribution >= 0.6 is 0 Å². The Kier molecular flexibility index (Phi) is 6.35. The molecule has 1 N–H and O–H groups in total. The van der Waals surface area contributed by atoms with Gasteiger partial charge in [0.2, 0.25) is 11.8 Å². The minimum absolute atomic E-state index is 0.0543. The molecule has 1 aliphatic carbocycles. The molecule has 0 aliphatic heterocycles. The largest absolute Gasteiger partial charge is 0.465 e. The molecule has 1 aliphatic rings. The van der Waals surface area contributed by atoms with Gasteiger partial charge in [-0.15, -0.1) is 0 Å². The summed E-state index contributed by atoms with van der Waals surface area (Å²) in [5.41, 5.74) is 1.00. The fraction of sp³-hybridized carbons (Fsp3) is 0.500. The smallest absolute Gasteiger partial charge is 0.337 e. The Hall–Kier alpha value is -2.37. The Morgan fingerprint density at radius 2 is 1.75 bits per heavy atom. The summed E-state index contributed by atoms with van der Waals surface area (Å²) in [6.45, 7) is 1.56. The summed E-state index contributed by atoms with van der Waals surface area (Å²) in [6.07, 6.45) is 5.32. The van der Waals surface area contributed by atoms with E-state index >= 15 is 0 Å². The highest BCUT2D eigenvalue weighted by molar-refractivity contribution is 5.95. The van der Waals surface area contributed by atoms with Crippen LogP contribution in [0.15, 0.2) is 24.3 Å². The van der Waals surface area contributed by atoms with E-state index in [1.807, 2.05) is 0 Å². The maximum absolute atomic E-state index is 12.2. The van der Waals surface area contributed by atoms with E-state index in [1.165, 1.54) is 20.5 Å². The van der Waals surface area contributed by atoms with Crippen LogP contribution in [-0.4, -0.2) is 42.4 Å². The van der Waals surface area contributed by atoms with Gasteiger partial charge >= 0.3 is 5.97 Å². The van der Waals surface area contributed by atoms with Crippen molar-refractivity contribution < 1.29 is 19.1 Å². The van der Waals surface area contributed by atoms with Gasteiger partial charge in [-0.25, -0.2) is 4.79 Å². The van der Waals surface area contributed by atoms with Crippen molar-refractivity contribution in [3.05, 3.63) is 29.8 Å². The quantitative estimate of drug-likeness (QED) is 0.841. The SMILES string of the molecule is COC(=O)c1ccc(NC(=O)CN(C(C)=O)C2CCCCC2)cc1. The number of nitrogens with zero attached hydrogens (tertiary/aromatic N) is 1. The number of rotatable bonds is 5. The summed E-state index contributed by atoms with van der Waals surface area (Å²) < 4.78 is 4.63. The highest BCUT2D eigenvalue weighted by atomic mass is 16.5. The third-order valence-electron chi connectivity index (χ3n) is 4.32. The highest BCUT2D eigenvalue weighted by Gasteiger charge is 2.25. The van der Waals surface area contributed by atoms with Gasteiger partial charge in [-0.3, -0.25) is 9.59 Å². The molecule has 0 heterocycles. The van der Waals surface area contributed by atoms with Crippen molar-refractivity contribution >= 4 is 23.5 Å². The Morgan fingerprint density at radius 3 is 2.29 bits per heavy atom. The van der Waals surface area contributed by atoms with Crippen LogP contribution in [0.2, 0.25) is 0 Å². The predicted molar refractivity (Wildman–Crippen MR) is 90.7 cm³/mol. The fourth-order valence-corrected chi connectivity index (χ4v) is 3.05. The number of carbonyl (C=O) groups is 3. The normalized spacial score (nSPS) is 14.8. The molecule has 6 heteroatoms. The number of nitrogens with one attached hydrogen (secondary N) is 1. The highest BCUT2D eigenvalue weighted by Crippen LogP contribution is 2.22. The lowest BCUT2D eigenvalue weighted by Crippen LogP contribution is -2.44. The van der Waals surface area contributed by atoms with Crippen LogP contribution in [0.4, 0.5) is 5.69 Å². The third kappa shape index (κ3) is 4.81. The second-order valence-corrected chi connectivity index (χ2v) is 6.06. The van der Waals surface area contributed by atoms with E-state index in [-0.39, 0.29) is 24.4 Å². The van der Waals surface area contributed by atoms with Crippen molar-refractivity contribution in [2.45, 2.75) is 45.1 Å². The molecule has 0 unspecified atom stereocenters. The second kappa shape index (κ2) is 8.47. The molecule has 6 nitrogen and oxygen atoms in total. The Morgan fingerprint density at radius 1 is 1.12 bits per heavy atom. The first kappa shape index (κ1) is 18.0. The molecule has 1 aromatic carbocycles. The summed E-state index contributed by atoms with van der Waals surface area (Å²) in [6, 6.07) is 6.62. The number of carbonyl (C=O) groups excluding carboxylic acids is 3. The number of methoxy groups -OCH3 is 1. The lowest BCUT2D eigenvalue weighted by molar-refractivity contribution is -0.135. The predicted octanol–water partition coefficient (Wildman–Crippen LogP) is 2.59. The van der Waals surface area contributed by atoms with E-state index in [0.29, 0.717) is 11.3 Å². The first-order valence-corrected chi connectivity index (χ1v) is 8.26. The zero-order chi connectivity index (χ0) is 17.5. The van der Waals surface area contributed by atoms with Crippen molar-refractivity contribution in [2.24, 2.45) is 0 Å². The minimum atomic E-state index is -0.423. The summed E-state index contributed by atoms with van der Waals surface area (Å²) in [5, 5.41) is 2.77. The molecule has 130 valence electrons. The lowest BCUT2D eigenvalue weighted by atomic mass is 9.94. The first-order chi connectivity index (χ1) is 11.5. The summed E-state index contributed by atoms with van der Waals surface area (Å²) in [4.78, 5) is 37.2. The maximum atomic E-state index is 12.2. The van der Waals surface area contributed by atoms with Crippen molar-refractivity contribution in [3.63, 3.8) is 0 Å². The van der Waals surface area contributed by atoms with Crippen molar-refractivity contribution in [2.75, 3.05) is 19.0 Å². The Bertz CT molecular complexity index is 592. The number of amides is 2. The van der Waals surface area contributed by atoms with Crippen molar-refractivity contribution in [1.82, 2.24) is 4.90 Å². The monoisotopic (exact) mass is 332 g/mol. The molecule has 1 aromatic rings. The zero-order valence-corrected chi connectivity index (χ0v) is 14.2. The minimum Gasteiger partial charge on any atom is -0.465 e. The van der Waals surface area contributed by atoms with Gasteiger partial charge in [0.1, 0.15) is 6.54 Å². The molecular weight excluding hydrogens is 308 g/mol. The van der Waals surface area contributed by atoms with Gasteiger partial charge < -0.3 is 15.0 Å². The Balaban J connectivity index is 1.95. The molecule has 1 fully saturated rings. The number of hydrogen-bond acceptors (Lipinski definition) is 4. The number of anilines is 1. The van der Waals surface area contributed by atoms with Crippen molar-refractivity contribution in [1.29, 1.82) is 0 Å². The second-order valence-electron chi connectivity index (χ2n) is 6.06. The van der Waals surface area contributed by atoms with Crippen LogP contribution in [0, 0.1) is 0 Å². The van der Waals surface area contributed by atoms with E-state index in [2.05, 4.69) is 10.1 Å². The van der Waals surface area contributed by atoms with Gasteiger partial charge in [0.25, 0.3) is 0 Å². The molecule has 2 amide bonds. The van der Waals surface area contributed by atoms with Gasteiger partial charge in [0, 0.05) is 18.7 Å². The van der Waals surface area contributed by atoms with E-state index in [9.17, 15) is 14.4 Å². The topological polar surface area (TPSA) is 75.7 Å². The summed E-state index contributed by atoms with van der Waals surface area (Å²) in [5.74, 6) is -0.729. The first-order valence-electron chi connectivity index (χ1n) is 8.26. The molecule has 0 bridgehead atoms. The molecule has 0 saturated heterocycles. The fourth-order valence-electron chi connectivity index (χ4n) is 3.05. The lowest BCUT2D eigenvalue weighted by Gasteiger charge is -2.33. The molecule has 0 aromatic heterocycles. The molecule has 1 saturated carbocycles. The number of ether oxygens (including phenoxy) is 1. The van der Waals surface area contributed by atoms with Crippen LogP contribution in [0.1, 0.15) is 49.4 Å². The van der Waals surface area contributed by atoms with E-state index in [4.69, 9.17) is 0 Å². The maximum Gasteiger partial charge on any atom is 0.337 e. The Labute approximate surface area is 142 Å². The van der Waals surface area contributed by atoms with E-state index < -0.39 is 5.97 Å². The molecule has 2 rings (SSSR count). The summed E-state index contributed by atoms with van der Waals surface area (Å²) >= 11 is 0. The van der Waals surface area contributed by atoms with Gasteiger partial charge in [0.15, 0.2) is 0 Å². The van der Waals surface area contributed by atoms with E-state index in [1.54, 1.807) is 29.2 Å². The van der Waals surface area contributed by atoms with Crippen LogP contribution in [0.3, 0.4) is 0 Å². The average Bonchev–Trinajstić information content (AvgIpc) is 2.60. The molecule has 0 atom stereocenters. The van der Waals surface area contributed by atoms with Crippen LogP contribution < -0.4 is 5.32 Å². The molecule has 24 heavy (non-hydrogen) atoms. The van der Waals surface area contributed by atoms with Gasteiger partial charge in [-0.1, -0.05) is 19.3 Å². The number of esters is 1.